The maximum absolute atomic E-state index is 9.16. The quantitative estimate of drug-likeness (QED) is 0.854. The van der Waals surface area contributed by atoms with Gasteiger partial charge < -0.3 is 9.47 Å². The molecule has 0 atom stereocenters. The predicted molar refractivity (Wildman–Crippen MR) is 77.7 cm³/mol. The van der Waals surface area contributed by atoms with Crippen LogP contribution in [0.15, 0.2) is 36.4 Å². The van der Waals surface area contributed by atoms with E-state index in [9.17, 15) is 0 Å². The average Bonchev–Trinajstić information content (AvgIpc) is 2.53. The second-order valence-electron chi connectivity index (χ2n) is 5.14. The van der Waals surface area contributed by atoms with Crippen LogP contribution in [0.3, 0.4) is 0 Å². The lowest BCUT2D eigenvalue weighted by atomic mass is 10.0. The van der Waals surface area contributed by atoms with Gasteiger partial charge in [-0.05, 0) is 30.9 Å². The van der Waals surface area contributed by atoms with Crippen LogP contribution in [0.5, 0.6) is 5.75 Å². The number of hydrogen-bond acceptors (Lipinski definition) is 3. The first kappa shape index (κ1) is 13.0. The Morgan fingerprint density at radius 1 is 1.10 bits per heavy atom. The van der Waals surface area contributed by atoms with Gasteiger partial charge in [-0.25, -0.2) is 0 Å². The highest BCUT2D eigenvalue weighted by atomic mass is 16.5. The lowest BCUT2D eigenvalue weighted by Gasteiger charge is -2.22. The van der Waals surface area contributed by atoms with Crippen molar-refractivity contribution in [3.05, 3.63) is 42.0 Å². The van der Waals surface area contributed by atoms with Gasteiger partial charge in [0.2, 0.25) is 0 Å². The zero-order valence-corrected chi connectivity index (χ0v) is 11.3. The molecule has 1 aliphatic rings. The first-order chi connectivity index (χ1) is 9.88. The van der Waals surface area contributed by atoms with Crippen LogP contribution >= 0.6 is 0 Å². The van der Waals surface area contributed by atoms with E-state index in [4.69, 9.17) is 14.7 Å². The van der Waals surface area contributed by atoms with E-state index in [1.807, 2.05) is 36.4 Å². The van der Waals surface area contributed by atoms with Crippen LogP contribution in [-0.4, -0.2) is 19.8 Å². The van der Waals surface area contributed by atoms with E-state index in [2.05, 4.69) is 6.07 Å². The Morgan fingerprint density at radius 3 is 2.60 bits per heavy atom. The molecule has 0 saturated carbocycles. The van der Waals surface area contributed by atoms with E-state index in [0.29, 0.717) is 11.5 Å². The minimum absolute atomic E-state index is 0.568. The van der Waals surface area contributed by atoms with Crippen molar-refractivity contribution >= 4 is 10.8 Å². The Labute approximate surface area is 118 Å². The average molecular weight is 267 g/mol. The fourth-order valence-corrected chi connectivity index (χ4v) is 2.62. The molecule has 3 nitrogen and oxygen atoms in total. The fraction of sp³-hybridized carbons (Fsp3) is 0.353. The van der Waals surface area contributed by atoms with Gasteiger partial charge in [-0.15, -0.1) is 0 Å². The molecule has 1 fully saturated rings. The number of hydrogen-bond donors (Lipinski definition) is 0. The van der Waals surface area contributed by atoms with Gasteiger partial charge in [0.15, 0.2) is 0 Å². The van der Waals surface area contributed by atoms with Gasteiger partial charge in [-0.3, -0.25) is 0 Å². The Morgan fingerprint density at radius 2 is 1.85 bits per heavy atom. The number of benzene rings is 2. The molecule has 3 rings (SSSR count). The van der Waals surface area contributed by atoms with E-state index < -0.39 is 0 Å². The maximum atomic E-state index is 9.16. The van der Waals surface area contributed by atoms with Crippen molar-refractivity contribution in [2.24, 2.45) is 5.92 Å². The molecule has 0 aliphatic carbocycles. The Kier molecular flexibility index (Phi) is 3.85. The summed E-state index contributed by atoms with van der Waals surface area (Å²) >= 11 is 0. The molecule has 1 saturated heterocycles. The maximum Gasteiger partial charge on any atom is 0.127 e. The summed E-state index contributed by atoms with van der Waals surface area (Å²) in [6.45, 7) is 2.39. The second-order valence-corrected chi connectivity index (χ2v) is 5.14. The molecule has 1 aliphatic heterocycles. The van der Waals surface area contributed by atoms with Gasteiger partial charge in [0, 0.05) is 24.0 Å². The number of nitriles is 1. The molecule has 0 unspecified atom stereocenters. The van der Waals surface area contributed by atoms with E-state index >= 15 is 0 Å². The minimum atomic E-state index is 0.568. The molecule has 1 heterocycles. The molecule has 20 heavy (non-hydrogen) atoms. The molecule has 2 aromatic carbocycles. The van der Waals surface area contributed by atoms with Gasteiger partial charge in [0.25, 0.3) is 0 Å². The molecule has 0 bridgehead atoms. The zero-order chi connectivity index (χ0) is 13.8. The SMILES string of the molecule is N#Cc1ccc(OCC2CCOCC2)c2ccccc12. The van der Waals surface area contributed by atoms with E-state index in [1.54, 1.807) is 0 Å². The molecular formula is C17H17NO2. The molecule has 0 radical (unpaired) electrons. The van der Waals surface area contributed by atoms with E-state index in [0.717, 1.165) is 49.2 Å². The van der Waals surface area contributed by atoms with Gasteiger partial charge in [0.1, 0.15) is 5.75 Å². The first-order valence-corrected chi connectivity index (χ1v) is 7.01. The van der Waals surface area contributed by atoms with Gasteiger partial charge in [0.05, 0.1) is 18.2 Å². The standard InChI is InChI=1S/C17H17NO2/c18-11-14-5-6-17(16-4-2-1-3-15(14)16)20-12-13-7-9-19-10-8-13/h1-6,13H,7-10,12H2. The molecule has 2 aromatic rings. The summed E-state index contributed by atoms with van der Waals surface area (Å²) in [7, 11) is 0. The summed E-state index contributed by atoms with van der Waals surface area (Å²) in [6.07, 6.45) is 2.13. The van der Waals surface area contributed by atoms with Gasteiger partial charge >= 0.3 is 0 Å². The summed E-state index contributed by atoms with van der Waals surface area (Å²) in [6, 6.07) is 13.9. The number of fused-ring (bicyclic) bond motifs is 1. The summed E-state index contributed by atoms with van der Waals surface area (Å²) in [5.74, 6) is 1.43. The van der Waals surface area contributed by atoms with Crippen LogP contribution in [0.2, 0.25) is 0 Å². The molecule has 0 aromatic heterocycles. The largest absolute Gasteiger partial charge is 0.493 e. The summed E-state index contributed by atoms with van der Waals surface area (Å²) in [5, 5.41) is 11.1. The van der Waals surface area contributed by atoms with Crippen LogP contribution < -0.4 is 4.74 Å². The van der Waals surface area contributed by atoms with E-state index in [-0.39, 0.29) is 0 Å². The van der Waals surface area contributed by atoms with Crippen LogP contribution in [0.25, 0.3) is 10.8 Å². The number of rotatable bonds is 3. The summed E-state index contributed by atoms with van der Waals surface area (Å²) in [5.41, 5.74) is 0.694. The van der Waals surface area contributed by atoms with Crippen molar-refractivity contribution in [1.82, 2.24) is 0 Å². The summed E-state index contributed by atoms with van der Waals surface area (Å²) < 4.78 is 11.4. The molecule has 0 N–H and O–H groups in total. The Bertz CT molecular complexity index is 639. The van der Waals surface area contributed by atoms with Gasteiger partial charge in [-0.2, -0.15) is 5.26 Å². The third-order valence-electron chi connectivity index (χ3n) is 3.82. The molecular weight excluding hydrogens is 250 g/mol. The third kappa shape index (κ3) is 2.61. The highest BCUT2D eigenvalue weighted by Gasteiger charge is 2.15. The smallest absolute Gasteiger partial charge is 0.127 e. The minimum Gasteiger partial charge on any atom is -0.493 e. The Balaban J connectivity index is 1.83. The van der Waals surface area contributed by atoms with Crippen LogP contribution in [0.4, 0.5) is 0 Å². The zero-order valence-electron chi connectivity index (χ0n) is 11.3. The molecule has 102 valence electrons. The van der Waals surface area contributed by atoms with Crippen molar-refractivity contribution in [2.45, 2.75) is 12.8 Å². The van der Waals surface area contributed by atoms with Crippen LogP contribution in [0.1, 0.15) is 18.4 Å². The lowest BCUT2D eigenvalue weighted by molar-refractivity contribution is 0.0500. The van der Waals surface area contributed by atoms with Crippen molar-refractivity contribution in [2.75, 3.05) is 19.8 Å². The van der Waals surface area contributed by atoms with Crippen molar-refractivity contribution in [3.8, 4) is 11.8 Å². The van der Waals surface area contributed by atoms with Crippen LogP contribution in [0, 0.1) is 17.2 Å². The third-order valence-corrected chi connectivity index (χ3v) is 3.82. The monoisotopic (exact) mass is 267 g/mol. The van der Waals surface area contributed by atoms with Gasteiger partial charge in [-0.1, -0.05) is 24.3 Å². The highest BCUT2D eigenvalue weighted by Crippen LogP contribution is 2.29. The summed E-state index contributed by atoms with van der Waals surface area (Å²) in [4.78, 5) is 0. The van der Waals surface area contributed by atoms with Crippen molar-refractivity contribution in [1.29, 1.82) is 5.26 Å². The lowest BCUT2D eigenvalue weighted by Crippen LogP contribution is -2.21. The normalized spacial score (nSPS) is 15.9. The second kappa shape index (κ2) is 5.94. The Hall–Kier alpha value is -2.05. The molecule has 0 spiro atoms. The van der Waals surface area contributed by atoms with Crippen LogP contribution in [-0.2, 0) is 4.74 Å². The first-order valence-electron chi connectivity index (χ1n) is 7.01. The topological polar surface area (TPSA) is 42.2 Å². The van der Waals surface area contributed by atoms with Crippen molar-refractivity contribution < 1.29 is 9.47 Å². The number of ether oxygens (including phenoxy) is 2. The fourth-order valence-electron chi connectivity index (χ4n) is 2.62. The van der Waals surface area contributed by atoms with E-state index in [1.165, 1.54) is 0 Å². The van der Waals surface area contributed by atoms with Crippen molar-refractivity contribution in [3.63, 3.8) is 0 Å². The number of nitrogens with zero attached hydrogens (tertiary/aromatic N) is 1. The highest BCUT2D eigenvalue weighted by molar-refractivity contribution is 5.92. The predicted octanol–water partition coefficient (Wildman–Crippen LogP) is 3.52. The molecule has 3 heteroatoms. The molecule has 0 amide bonds.